The summed E-state index contributed by atoms with van der Waals surface area (Å²) in [5.41, 5.74) is 4.76. The Morgan fingerprint density at radius 3 is 1.79 bits per heavy atom. The van der Waals surface area contributed by atoms with Crippen LogP contribution in [-0.4, -0.2) is 30.2 Å². The highest BCUT2D eigenvalue weighted by Crippen LogP contribution is 2.51. The van der Waals surface area contributed by atoms with Gasteiger partial charge in [0, 0.05) is 38.6 Å². The molecular formula is C42H40O3S2. The van der Waals surface area contributed by atoms with Crippen molar-refractivity contribution in [3.63, 3.8) is 0 Å². The molecule has 3 aromatic rings. The Balaban J connectivity index is 1.23. The maximum atomic E-state index is 14.2. The van der Waals surface area contributed by atoms with E-state index in [2.05, 4.69) is 98.0 Å². The Bertz CT molecular complexity index is 1730. The third kappa shape index (κ3) is 6.73. The molecule has 0 saturated heterocycles. The zero-order valence-corrected chi connectivity index (χ0v) is 28.4. The van der Waals surface area contributed by atoms with Crippen LogP contribution in [0.25, 0.3) is 14.7 Å². The molecule has 6 unspecified atom stereocenters. The third-order valence-corrected chi connectivity index (χ3v) is 12.1. The molecule has 2 aliphatic heterocycles. The number of aliphatic hydroxyl groups is 1. The van der Waals surface area contributed by atoms with E-state index in [0.29, 0.717) is 12.3 Å². The van der Waals surface area contributed by atoms with Gasteiger partial charge < -0.3 is 9.84 Å². The molecule has 7 rings (SSSR count). The standard InChI is InChI=1S/C42H40O3S2/c1-27-14-12-13-21-33(27)38-24-28(23-35(47-38)29-15-6-3-7-16-29)22-34-40(43)39(41(44)42(34)45-2)32-25-36(30-17-8-4-9-18-30)46-37(26-32)31-19-10-5-11-20-31/h3-13,15-21,23-28,32,34,39-40,42-43H,14,22H2,1-2H3. The van der Waals surface area contributed by atoms with E-state index < -0.39 is 18.1 Å². The number of hydrogen-bond acceptors (Lipinski definition) is 5. The van der Waals surface area contributed by atoms with Crippen LogP contribution in [0.2, 0.25) is 0 Å². The molecule has 0 bridgehead atoms. The maximum absolute atomic E-state index is 14.2. The Morgan fingerprint density at radius 1 is 0.745 bits per heavy atom. The SMILES string of the molecule is COC1C(=O)C(C2C=C(c3ccccc3)SC(c3ccccc3)=C2)C(O)C1CC1C=C(C2=CC=CCC2C)SC(c2ccccc2)=C1. The first-order valence-corrected chi connectivity index (χ1v) is 18.1. The van der Waals surface area contributed by atoms with Gasteiger partial charge in [0.25, 0.3) is 0 Å². The van der Waals surface area contributed by atoms with E-state index in [4.69, 9.17) is 4.74 Å². The first kappa shape index (κ1) is 32.0. The zero-order chi connectivity index (χ0) is 32.3. The van der Waals surface area contributed by atoms with Crippen LogP contribution in [0.1, 0.15) is 36.5 Å². The van der Waals surface area contributed by atoms with Gasteiger partial charge in [0.15, 0.2) is 5.78 Å². The molecule has 3 aromatic carbocycles. The summed E-state index contributed by atoms with van der Waals surface area (Å²) in [7, 11) is 1.61. The lowest BCUT2D eigenvalue weighted by Gasteiger charge is -2.30. The molecule has 4 aliphatic rings. The fraction of sp³-hybridized carbons (Fsp3) is 0.262. The van der Waals surface area contributed by atoms with Crippen LogP contribution in [-0.2, 0) is 9.53 Å². The van der Waals surface area contributed by atoms with Gasteiger partial charge in [-0.15, -0.1) is 0 Å². The Hall–Kier alpha value is -3.61. The number of carbonyl (C=O) groups excluding carboxylic acids is 1. The number of thioether (sulfide) groups is 2. The molecule has 0 radical (unpaired) electrons. The second-order valence-electron chi connectivity index (χ2n) is 12.8. The first-order chi connectivity index (χ1) is 23.0. The molecule has 1 fully saturated rings. The van der Waals surface area contributed by atoms with Gasteiger partial charge in [-0.3, -0.25) is 4.79 Å². The van der Waals surface area contributed by atoms with Crippen LogP contribution in [0.5, 0.6) is 0 Å². The largest absolute Gasteiger partial charge is 0.392 e. The highest BCUT2D eigenvalue weighted by atomic mass is 32.2. The van der Waals surface area contributed by atoms with Gasteiger partial charge in [-0.1, -0.05) is 164 Å². The van der Waals surface area contributed by atoms with Crippen LogP contribution < -0.4 is 0 Å². The molecule has 6 atom stereocenters. The molecule has 5 heteroatoms. The molecule has 2 aliphatic carbocycles. The lowest BCUT2D eigenvalue weighted by molar-refractivity contribution is -0.130. The molecule has 3 nitrogen and oxygen atoms in total. The fourth-order valence-corrected chi connectivity index (χ4v) is 9.91. The van der Waals surface area contributed by atoms with Crippen molar-refractivity contribution in [2.75, 3.05) is 7.11 Å². The summed E-state index contributed by atoms with van der Waals surface area (Å²) in [5.74, 6) is -0.694. The first-order valence-electron chi connectivity index (χ1n) is 16.5. The van der Waals surface area contributed by atoms with Gasteiger partial charge in [-0.2, -0.15) is 0 Å². The van der Waals surface area contributed by atoms with Crippen LogP contribution in [0.15, 0.2) is 144 Å². The summed E-state index contributed by atoms with van der Waals surface area (Å²) in [6.45, 7) is 2.29. The van der Waals surface area contributed by atoms with Gasteiger partial charge in [0.05, 0.1) is 12.0 Å². The van der Waals surface area contributed by atoms with E-state index in [-0.39, 0.29) is 23.5 Å². The minimum atomic E-state index is -0.835. The second kappa shape index (κ2) is 14.2. The number of hydrogen-bond donors (Lipinski definition) is 1. The van der Waals surface area contributed by atoms with Crippen molar-refractivity contribution in [2.45, 2.75) is 32.0 Å². The number of allylic oxidation sites excluding steroid dienone is 8. The third-order valence-electron chi connectivity index (χ3n) is 9.77. The van der Waals surface area contributed by atoms with E-state index in [1.54, 1.807) is 18.9 Å². The predicted octanol–water partition coefficient (Wildman–Crippen LogP) is 9.82. The lowest BCUT2D eigenvalue weighted by atomic mass is 9.83. The second-order valence-corrected chi connectivity index (χ2v) is 15.0. The maximum Gasteiger partial charge on any atom is 0.168 e. The average molecular weight is 657 g/mol. The number of ether oxygens (including phenoxy) is 1. The highest BCUT2D eigenvalue weighted by molar-refractivity contribution is 8.16. The van der Waals surface area contributed by atoms with E-state index >= 15 is 0 Å². The van der Waals surface area contributed by atoms with Crippen molar-refractivity contribution in [1.82, 2.24) is 0 Å². The molecule has 47 heavy (non-hydrogen) atoms. The fourth-order valence-electron chi connectivity index (χ4n) is 7.35. The minimum absolute atomic E-state index is 0.00961. The monoisotopic (exact) mass is 656 g/mol. The molecule has 2 heterocycles. The van der Waals surface area contributed by atoms with Gasteiger partial charge in [-0.05, 0) is 46.9 Å². The van der Waals surface area contributed by atoms with Crippen LogP contribution in [0.4, 0.5) is 0 Å². The molecule has 1 saturated carbocycles. The summed E-state index contributed by atoms with van der Waals surface area (Å²) < 4.78 is 5.94. The quantitative estimate of drug-likeness (QED) is 0.262. The number of ketones is 1. The molecule has 0 aromatic heterocycles. The van der Waals surface area contributed by atoms with Gasteiger partial charge in [0.2, 0.25) is 0 Å². The smallest absolute Gasteiger partial charge is 0.168 e. The van der Waals surface area contributed by atoms with Crippen molar-refractivity contribution in [1.29, 1.82) is 0 Å². The van der Waals surface area contributed by atoms with Crippen molar-refractivity contribution in [3.05, 3.63) is 161 Å². The summed E-state index contributed by atoms with van der Waals surface area (Å²) in [6.07, 6.45) is 15.8. The van der Waals surface area contributed by atoms with Crippen LogP contribution in [0, 0.1) is 29.6 Å². The lowest BCUT2D eigenvalue weighted by Crippen LogP contribution is -2.30. The number of aliphatic hydroxyl groups excluding tert-OH is 1. The average Bonchev–Trinajstić information content (AvgIpc) is 3.36. The van der Waals surface area contributed by atoms with E-state index in [1.807, 2.05) is 54.2 Å². The van der Waals surface area contributed by atoms with Gasteiger partial charge >= 0.3 is 0 Å². The summed E-state index contributed by atoms with van der Waals surface area (Å²) >= 11 is 3.55. The molecule has 1 N–H and O–H groups in total. The molecular weight excluding hydrogens is 617 g/mol. The number of benzene rings is 3. The number of carbonyl (C=O) groups is 1. The number of Topliss-reactive ketones (excluding diaryl/α,β-unsaturated/α-hetero) is 1. The van der Waals surface area contributed by atoms with Crippen molar-refractivity contribution in [2.24, 2.45) is 29.6 Å². The number of rotatable bonds is 8. The van der Waals surface area contributed by atoms with E-state index in [0.717, 1.165) is 27.4 Å². The van der Waals surface area contributed by atoms with E-state index in [1.165, 1.54) is 20.9 Å². The zero-order valence-electron chi connectivity index (χ0n) is 26.7. The normalized spacial score (nSPS) is 27.9. The topological polar surface area (TPSA) is 46.5 Å². The molecule has 238 valence electrons. The van der Waals surface area contributed by atoms with Crippen molar-refractivity contribution in [3.8, 4) is 0 Å². The Kier molecular flexibility index (Phi) is 9.69. The van der Waals surface area contributed by atoms with Crippen LogP contribution in [0.3, 0.4) is 0 Å². The summed E-state index contributed by atoms with van der Waals surface area (Å²) in [4.78, 5) is 18.9. The van der Waals surface area contributed by atoms with Crippen molar-refractivity contribution >= 4 is 44.0 Å². The summed E-state index contributed by atoms with van der Waals surface area (Å²) in [6, 6.07) is 31.2. The minimum Gasteiger partial charge on any atom is -0.392 e. The molecule has 0 amide bonds. The Morgan fingerprint density at radius 2 is 1.26 bits per heavy atom. The predicted molar refractivity (Wildman–Crippen MR) is 198 cm³/mol. The molecule has 0 spiro atoms. The van der Waals surface area contributed by atoms with Crippen molar-refractivity contribution < 1.29 is 14.6 Å². The highest BCUT2D eigenvalue weighted by Gasteiger charge is 2.52. The number of methoxy groups -OCH3 is 1. The van der Waals surface area contributed by atoms with Gasteiger partial charge in [-0.25, -0.2) is 0 Å². The summed E-state index contributed by atoms with van der Waals surface area (Å²) in [5, 5.41) is 12.1. The Labute approximate surface area is 286 Å². The van der Waals surface area contributed by atoms with Crippen LogP contribution >= 0.6 is 23.5 Å². The van der Waals surface area contributed by atoms with E-state index in [9.17, 15) is 9.90 Å². The van der Waals surface area contributed by atoms with Gasteiger partial charge in [0.1, 0.15) is 6.10 Å².